The van der Waals surface area contributed by atoms with Gasteiger partial charge < -0.3 is 18.2 Å². The van der Waals surface area contributed by atoms with Gasteiger partial charge in [0.25, 0.3) is 0 Å². The van der Waals surface area contributed by atoms with Crippen molar-refractivity contribution in [1.82, 2.24) is 4.57 Å². The summed E-state index contributed by atoms with van der Waals surface area (Å²) in [7, 11) is 0. The first-order valence-corrected chi connectivity index (χ1v) is 25.1. The van der Waals surface area contributed by atoms with Gasteiger partial charge in [0.2, 0.25) is 0 Å². The molecule has 69 heavy (non-hydrogen) atoms. The molecule has 0 spiro atoms. The Morgan fingerprint density at radius 1 is 0.522 bits per heavy atom. The molecular weight excluding hydrogens is 840 g/mol. The Labute approximate surface area is 403 Å². The van der Waals surface area contributed by atoms with E-state index >= 15 is 0 Å². The zero-order valence-corrected chi connectivity index (χ0v) is 41.3. The predicted molar refractivity (Wildman–Crippen MR) is 291 cm³/mol. The Kier molecular flexibility index (Phi) is 7.31. The first-order chi connectivity index (χ1) is 33.0. The topological polar surface area (TPSA) is 34.5 Å². The third-order valence-corrected chi connectivity index (χ3v) is 17.7. The van der Waals surface area contributed by atoms with E-state index in [4.69, 9.17) is 8.83 Å². The molecule has 4 aliphatic rings. The quantitative estimate of drug-likeness (QED) is 0.154. The zero-order chi connectivity index (χ0) is 47.0. The Hall–Kier alpha value is -6.98. The molecule has 0 bridgehead atoms. The summed E-state index contributed by atoms with van der Waals surface area (Å²) in [4.78, 5) is 2.71. The molecule has 4 nitrogen and oxygen atoms in total. The Bertz CT molecular complexity index is 4160. The fraction of sp³-hybridized carbons (Fsp3) is 0.250. The maximum atomic E-state index is 6.77. The second-order valence-corrected chi connectivity index (χ2v) is 24.0. The van der Waals surface area contributed by atoms with Gasteiger partial charge in [-0.1, -0.05) is 129 Å². The summed E-state index contributed by atoms with van der Waals surface area (Å²) < 4.78 is 16.0. The van der Waals surface area contributed by atoms with Crippen LogP contribution in [0.15, 0.2) is 136 Å². The zero-order valence-electron chi connectivity index (χ0n) is 41.3. The van der Waals surface area contributed by atoms with E-state index in [0.29, 0.717) is 0 Å². The molecule has 0 radical (unpaired) electrons. The van der Waals surface area contributed by atoms with E-state index in [-0.39, 0.29) is 28.5 Å². The number of hydrogen-bond acceptors (Lipinski definition) is 3. The van der Waals surface area contributed by atoms with Crippen LogP contribution >= 0.6 is 0 Å². The minimum absolute atomic E-state index is 0.0169. The number of benzene rings is 8. The lowest BCUT2D eigenvalue weighted by Crippen LogP contribution is -2.60. The number of rotatable bonds is 1. The van der Waals surface area contributed by atoms with Crippen LogP contribution < -0.4 is 15.7 Å². The molecule has 0 amide bonds. The molecule has 0 N–H and O–H groups in total. The van der Waals surface area contributed by atoms with Gasteiger partial charge in [0.1, 0.15) is 22.3 Å². The lowest BCUT2D eigenvalue weighted by Gasteiger charge is -2.43. The number of furan rings is 2. The van der Waals surface area contributed by atoms with Gasteiger partial charge in [0, 0.05) is 72.5 Å². The van der Waals surface area contributed by atoms with Gasteiger partial charge in [-0.25, -0.2) is 0 Å². The minimum atomic E-state index is -0.189. The summed E-state index contributed by atoms with van der Waals surface area (Å²) >= 11 is 0. The highest BCUT2D eigenvalue weighted by molar-refractivity contribution is 6.94. The molecule has 0 saturated carbocycles. The monoisotopic (exact) mass is 894 g/mol. The second-order valence-electron chi connectivity index (χ2n) is 24.0. The highest BCUT2D eigenvalue weighted by Gasteiger charge is 2.48. The maximum absolute atomic E-state index is 6.77. The third-order valence-electron chi connectivity index (χ3n) is 17.7. The van der Waals surface area contributed by atoms with Crippen molar-refractivity contribution >= 4 is 94.8 Å². The molecule has 8 aromatic carbocycles. The van der Waals surface area contributed by atoms with E-state index in [2.05, 4.69) is 206 Å². The Morgan fingerprint density at radius 3 is 1.80 bits per heavy atom. The molecule has 0 saturated heterocycles. The Balaban J connectivity index is 1.10. The summed E-state index contributed by atoms with van der Waals surface area (Å²) in [6.45, 7) is 23.9. The molecule has 5 heterocycles. The molecule has 2 aliphatic carbocycles. The third kappa shape index (κ3) is 5.01. The van der Waals surface area contributed by atoms with Gasteiger partial charge in [-0.3, -0.25) is 0 Å². The lowest BCUT2D eigenvalue weighted by molar-refractivity contribution is 0.331. The molecule has 0 fully saturated rings. The van der Waals surface area contributed by atoms with E-state index in [0.717, 1.165) is 55.1 Å². The van der Waals surface area contributed by atoms with Crippen LogP contribution in [0.1, 0.15) is 109 Å². The van der Waals surface area contributed by atoms with Crippen molar-refractivity contribution < 1.29 is 8.83 Å². The number of aromatic nitrogens is 1. The van der Waals surface area contributed by atoms with Crippen molar-refractivity contribution in [3.8, 4) is 27.9 Å². The molecule has 15 rings (SSSR count). The minimum Gasteiger partial charge on any atom is -0.456 e. The van der Waals surface area contributed by atoms with Crippen molar-refractivity contribution in [3.63, 3.8) is 0 Å². The summed E-state index contributed by atoms with van der Waals surface area (Å²) in [5, 5.41) is 7.12. The van der Waals surface area contributed by atoms with Crippen molar-refractivity contribution in [2.75, 3.05) is 4.81 Å². The number of fused-ring (bicyclic) bond motifs is 18. The van der Waals surface area contributed by atoms with Gasteiger partial charge in [-0.15, -0.1) is 0 Å². The molecule has 336 valence electrons. The SMILES string of the molecule is Cc1cc2c3c4c1c1cc5c(cc1n4-c1cc4oc6ccccc6c4cc1B3N(c1ccc(C(C)(C)C)cc1)c1cc3c(cc1-2)C(C)(C)c1cc2c(cc1-3)C(C)(C)CCC2(C)C)oc1ccccc15. The molecule has 0 unspecified atom stereocenters. The van der Waals surface area contributed by atoms with Crippen molar-refractivity contribution in [2.24, 2.45) is 0 Å². The molecule has 11 aromatic rings. The fourth-order valence-corrected chi connectivity index (χ4v) is 13.8. The van der Waals surface area contributed by atoms with Gasteiger partial charge >= 0.3 is 6.85 Å². The van der Waals surface area contributed by atoms with Crippen LogP contribution in [-0.4, -0.2) is 11.4 Å². The van der Waals surface area contributed by atoms with E-state index in [1.54, 1.807) is 0 Å². The highest BCUT2D eigenvalue weighted by atomic mass is 16.3. The smallest absolute Gasteiger partial charge is 0.333 e. The summed E-state index contributed by atoms with van der Waals surface area (Å²) in [6.07, 6.45) is 2.39. The van der Waals surface area contributed by atoms with Crippen molar-refractivity contribution in [1.29, 1.82) is 0 Å². The molecule has 0 atom stereocenters. The first kappa shape index (κ1) is 40.0. The summed E-state index contributed by atoms with van der Waals surface area (Å²) in [5.74, 6) is 0. The maximum Gasteiger partial charge on any atom is 0.333 e. The summed E-state index contributed by atoms with van der Waals surface area (Å²) in [6, 6.07) is 49.0. The Morgan fingerprint density at radius 2 is 1.12 bits per heavy atom. The predicted octanol–water partition coefficient (Wildman–Crippen LogP) is 16.1. The summed E-state index contributed by atoms with van der Waals surface area (Å²) in [5.41, 5.74) is 26.2. The lowest BCUT2D eigenvalue weighted by atomic mass is 9.43. The van der Waals surface area contributed by atoms with Crippen LogP contribution in [0.3, 0.4) is 0 Å². The van der Waals surface area contributed by atoms with Crippen LogP contribution in [0.5, 0.6) is 0 Å². The average Bonchev–Trinajstić information content (AvgIpc) is 4.04. The second kappa shape index (κ2) is 12.6. The van der Waals surface area contributed by atoms with E-state index in [9.17, 15) is 0 Å². The van der Waals surface area contributed by atoms with Crippen LogP contribution in [0.25, 0.3) is 93.6 Å². The van der Waals surface area contributed by atoms with E-state index in [1.807, 2.05) is 0 Å². The van der Waals surface area contributed by atoms with Gasteiger partial charge in [0.15, 0.2) is 0 Å². The van der Waals surface area contributed by atoms with Gasteiger partial charge in [-0.2, -0.15) is 0 Å². The number of anilines is 2. The normalized spacial score (nSPS) is 17.0. The van der Waals surface area contributed by atoms with Crippen LogP contribution in [0.2, 0.25) is 0 Å². The van der Waals surface area contributed by atoms with Crippen molar-refractivity contribution in [3.05, 3.63) is 161 Å². The number of nitrogens with zero attached hydrogens (tertiary/aromatic N) is 2. The largest absolute Gasteiger partial charge is 0.456 e. The van der Waals surface area contributed by atoms with Crippen LogP contribution in [0, 0.1) is 6.92 Å². The number of aryl methyl sites for hydroxylation is 1. The molecular formula is C64H55BN2O2. The standard InChI is InChI=1S/C64H55BN2O2/c1-34-25-44-41-28-46-40(39-27-48-49(31-47(39)64(46,9)10)63(7,8)24-23-62(48,5)6)30-52(41)67(36-21-19-35(20-22-36)61(2,3)4)65-50-29-43-38-16-12-14-18-55(38)69-57(43)33-53(50)66-51-32-56-42(37-15-11-13-17-54(37)68-56)26-45(51)58(34)60(66)59(44)65/h11-22,25-33H,23-24H2,1-10H3. The van der Waals surface area contributed by atoms with Crippen molar-refractivity contribution in [2.45, 2.75) is 104 Å². The van der Waals surface area contributed by atoms with Crippen LogP contribution in [-0.2, 0) is 21.7 Å². The van der Waals surface area contributed by atoms with Gasteiger partial charge in [-0.05, 0) is 146 Å². The number of hydrogen-bond donors (Lipinski definition) is 0. The van der Waals surface area contributed by atoms with E-state index < -0.39 is 0 Å². The van der Waals surface area contributed by atoms with Crippen LogP contribution in [0.4, 0.5) is 11.4 Å². The van der Waals surface area contributed by atoms with Gasteiger partial charge in [0.05, 0.1) is 11.0 Å². The number of para-hydroxylation sites is 2. The fourth-order valence-electron chi connectivity index (χ4n) is 13.8. The molecule has 5 heteroatoms. The molecule has 2 aliphatic heterocycles. The van der Waals surface area contributed by atoms with E-state index in [1.165, 1.54) is 107 Å². The molecule has 3 aromatic heterocycles. The average molecular weight is 895 g/mol. The highest BCUT2D eigenvalue weighted by Crippen LogP contribution is 2.58. The first-order valence-electron chi connectivity index (χ1n) is 25.1.